The number of nitrogens with one attached hydrogen (secondary N) is 1. The third kappa shape index (κ3) is 3.75. The number of amides is 2. The Bertz CT molecular complexity index is 1240. The van der Waals surface area contributed by atoms with Crippen LogP contribution in [0.3, 0.4) is 0 Å². The molecule has 156 valence electrons. The Labute approximate surface area is 181 Å². The van der Waals surface area contributed by atoms with Gasteiger partial charge in [-0.05, 0) is 91.9 Å². The molecule has 0 spiro atoms. The van der Waals surface area contributed by atoms with Gasteiger partial charge in [0.25, 0.3) is 11.8 Å². The number of halogens is 1. The number of nitrogens with zero attached hydrogens (tertiary/aromatic N) is 1. The zero-order valence-electron chi connectivity index (χ0n) is 17.9. The van der Waals surface area contributed by atoms with Crippen LogP contribution >= 0.6 is 0 Å². The highest BCUT2D eigenvalue weighted by Crippen LogP contribution is 2.34. The molecule has 0 radical (unpaired) electrons. The molecule has 3 aromatic rings. The topological polar surface area (TPSA) is 49.4 Å². The molecule has 1 aliphatic heterocycles. The Balaban J connectivity index is 1.83. The molecule has 0 unspecified atom stereocenters. The van der Waals surface area contributed by atoms with E-state index in [2.05, 4.69) is 5.32 Å². The molecule has 0 bridgehead atoms. The molecule has 0 aliphatic carbocycles. The summed E-state index contributed by atoms with van der Waals surface area (Å²) in [7, 11) is 0. The van der Waals surface area contributed by atoms with E-state index in [0.717, 1.165) is 22.3 Å². The van der Waals surface area contributed by atoms with Gasteiger partial charge in [-0.25, -0.2) is 9.29 Å². The van der Waals surface area contributed by atoms with Crippen LogP contribution in [0, 0.1) is 33.5 Å². The van der Waals surface area contributed by atoms with Gasteiger partial charge in [-0.1, -0.05) is 24.3 Å². The fourth-order valence-electron chi connectivity index (χ4n) is 3.59. The second-order valence-corrected chi connectivity index (χ2v) is 7.90. The first-order chi connectivity index (χ1) is 14.8. The SMILES string of the molecule is Cc1ccc(NC2=C(c3ccc(F)cc3)C(=O)N(c3ccc(C)c(C)c3)C2=O)cc1C. The van der Waals surface area contributed by atoms with Crippen molar-refractivity contribution in [3.8, 4) is 0 Å². The number of benzene rings is 3. The third-order valence-corrected chi connectivity index (χ3v) is 5.74. The molecular formula is C26H23FN2O2. The fourth-order valence-corrected chi connectivity index (χ4v) is 3.59. The van der Waals surface area contributed by atoms with E-state index in [9.17, 15) is 14.0 Å². The zero-order chi connectivity index (χ0) is 22.3. The lowest BCUT2D eigenvalue weighted by atomic mass is 10.0. The van der Waals surface area contributed by atoms with Gasteiger partial charge in [-0.3, -0.25) is 9.59 Å². The van der Waals surface area contributed by atoms with Crippen molar-refractivity contribution in [2.45, 2.75) is 27.7 Å². The first-order valence-corrected chi connectivity index (χ1v) is 10.1. The summed E-state index contributed by atoms with van der Waals surface area (Å²) in [6.45, 7) is 7.90. The van der Waals surface area contributed by atoms with Gasteiger partial charge in [0.1, 0.15) is 11.5 Å². The molecular weight excluding hydrogens is 391 g/mol. The van der Waals surface area contributed by atoms with E-state index in [0.29, 0.717) is 16.9 Å². The second-order valence-electron chi connectivity index (χ2n) is 7.90. The number of carbonyl (C=O) groups excluding carboxylic acids is 2. The standard InChI is InChI=1S/C26H23FN2O2/c1-15-5-11-21(13-17(15)3)28-24-23(19-7-9-20(27)10-8-19)25(30)29(26(24)31)22-12-6-16(2)18(4)14-22/h5-14,28H,1-4H3. The Kier molecular flexibility index (Phi) is 5.19. The average Bonchev–Trinajstić information content (AvgIpc) is 2.97. The van der Waals surface area contributed by atoms with Gasteiger partial charge < -0.3 is 5.32 Å². The molecule has 4 rings (SSSR count). The number of hydrogen-bond acceptors (Lipinski definition) is 3. The number of hydrogen-bond donors (Lipinski definition) is 1. The van der Waals surface area contributed by atoms with Crippen molar-refractivity contribution < 1.29 is 14.0 Å². The van der Waals surface area contributed by atoms with Crippen molar-refractivity contribution in [3.05, 3.63) is 100.0 Å². The van der Waals surface area contributed by atoms with Crippen molar-refractivity contribution in [3.63, 3.8) is 0 Å². The molecule has 1 aliphatic rings. The molecule has 4 nitrogen and oxygen atoms in total. The normalized spacial score (nSPS) is 13.9. The Morgan fingerprint density at radius 2 is 1.32 bits per heavy atom. The molecule has 0 saturated carbocycles. The lowest BCUT2D eigenvalue weighted by Gasteiger charge is -2.17. The molecule has 3 aromatic carbocycles. The smallest absolute Gasteiger partial charge is 0.282 e. The quantitative estimate of drug-likeness (QED) is 0.577. The Hall–Kier alpha value is -3.73. The maximum Gasteiger partial charge on any atom is 0.282 e. The van der Waals surface area contributed by atoms with Gasteiger partial charge in [-0.15, -0.1) is 0 Å². The molecule has 0 saturated heterocycles. The third-order valence-electron chi connectivity index (χ3n) is 5.74. The van der Waals surface area contributed by atoms with Gasteiger partial charge in [0.2, 0.25) is 0 Å². The van der Waals surface area contributed by atoms with E-state index in [1.165, 1.54) is 29.2 Å². The van der Waals surface area contributed by atoms with E-state index in [4.69, 9.17) is 0 Å². The van der Waals surface area contributed by atoms with Crippen molar-refractivity contribution in [2.75, 3.05) is 10.2 Å². The Morgan fingerprint density at radius 1 is 0.710 bits per heavy atom. The van der Waals surface area contributed by atoms with Gasteiger partial charge in [-0.2, -0.15) is 0 Å². The van der Waals surface area contributed by atoms with Crippen molar-refractivity contribution in [1.82, 2.24) is 0 Å². The lowest BCUT2D eigenvalue weighted by molar-refractivity contribution is -0.120. The predicted octanol–water partition coefficient (Wildman–Crippen LogP) is 5.46. The maximum absolute atomic E-state index is 13.5. The molecule has 1 N–H and O–H groups in total. The molecule has 2 amide bonds. The van der Waals surface area contributed by atoms with Crippen molar-refractivity contribution >= 4 is 28.8 Å². The van der Waals surface area contributed by atoms with Crippen LogP contribution in [-0.2, 0) is 9.59 Å². The summed E-state index contributed by atoms with van der Waals surface area (Å²) in [5, 5.41) is 3.15. The van der Waals surface area contributed by atoms with Gasteiger partial charge in [0.05, 0.1) is 11.3 Å². The summed E-state index contributed by atoms with van der Waals surface area (Å²) in [5.74, 6) is -1.28. The number of anilines is 2. The molecule has 0 atom stereocenters. The van der Waals surface area contributed by atoms with Gasteiger partial charge in [0, 0.05) is 5.69 Å². The zero-order valence-corrected chi connectivity index (χ0v) is 17.9. The number of carbonyl (C=O) groups is 2. The first-order valence-electron chi connectivity index (χ1n) is 10.1. The Morgan fingerprint density at radius 3 is 1.94 bits per heavy atom. The first kappa shape index (κ1) is 20.5. The van der Waals surface area contributed by atoms with Crippen LogP contribution in [0.15, 0.2) is 66.4 Å². The number of rotatable bonds is 4. The van der Waals surface area contributed by atoms with E-state index >= 15 is 0 Å². The minimum Gasteiger partial charge on any atom is -0.350 e. The molecule has 31 heavy (non-hydrogen) atoms. The van der Waals surface area contributed by atoms with Crippen LogP contribution < -0.4 is 10.2 Å². The van der Waals surface area contributed by atoms with Crippen LogP contribution in [0.2, 0.25) is 0 Å². The van der Waals surface area contributed by atoms with Crippen molar-refractivity contribution in [1.29, 1.82) is 0 Å². The predicted molar refractivity (Wildman–Crippen MR) is 121 cm³/mol. The van der Waals surface area contributed by atoms with E-state index < -0.39 is 17.6 Å². The van der Waals surface area contributed by atoms with Crippen LogP contribution in [0.25, 0.3) is 5.57 Å². The lowest BCUT2D eigenvalue weighted by Crippen LogP contribution is -2.32. The summed E-state index contributed by atoms with van der Waals surface area (Å²) >= 11 is 0. The minimum absolute atomic E-state index is 0.179. The van der Waals surface area contributed by atoms with E-state index in [-0.39, 0.29) is 11.3 Å². The molecule has 0 fully saturated rings. The molecule has 5 heteroatoms. The number of imide groups is 1. The summed E-state index contributed by atoms with van der Waals surface area (Å²) in [6.07, 6.45) is 0. The highest BCUT2D eigenvalue weighted by Gasteiger charge is 2.40. The fraction of sp³-hybridized carbons (Fsp3) is 0.154. The summed E-state index contributed by atoms with van der Waals surface area (Å²) < 4.78 is 13.5. The van der Waals surface area contributed by atoms with Crippen LogP contribution in [-0.4, -0.2) is 11.8 Å². The molecule has 0 aromatic heterocycles. The number of aryl methyl sites for hydroxylation is 4. The molecule has 1 heterocycles. The highest BCUT2D eigenvalue weighted by atomic mass is 19.1. The monoisotopic (exact) mass is 414 g/mol. The van der Waals surface area contributed by atoms with E-state index in [1.807, 2.05) is 58.0 Å². The van der Waals surface area contributed by atoms with Crippen molar-refractivity contribution in [2.24, 2.45) is 0 Å². The average molecular weight is 414 g/mol. The summed E-state index contributed by atoms with van der Waals surface area (Å²) in [6, 6.07) is 16.8. The highest BCUT2D eigenvalue weighted by molar-refractivity contribution is 6.46. The minimum atomic E-state index is -0.439. The van der Waals surface area contributed by atoms with Gasteiger partial charge >= 0.3 is 0 Å². The van der Waals surface area contributed by atoms with E-state index in [1.54, 1.807) is 6.07 Å². The van der Waals surface area contributed by atoms with Crippen LogP contribution in [0.5, 0.6) is 0 Å². The van der Waals surface area contributed by atoms with Crippen LogP contribution in [0.1, 0.15) is 27.8 Å². The summed E-state index contributed by atoms with van der Waals surface area (Å²) in [5.41, 5.74) is 6.35. The second kappa shape index (κ2) is 7.84. The van der Waals surface area contributed by atoms with Gasteiger partial charge in [0.15, 0.2) is 0 Å². The largest absolute Gasteiger partial charge is 0.350 e. The maximum atomic E-state index is 13.5. The summed E-state index contributed by atoms with van der Waals surface area (Å²) in [4.78, 5) is 28.0. The van der Waals surface area contributed by atoms with Crippen LogP contribution in [0.4, 0.5) is 15.8 Å².